The molecule has 20 heavy (non-hydrogen) atoms. The van der Waals surface area contributed by atoms with Crippen LogP contribution >= 0.6 is 0 Å². The lowest BCUT2D eigenvalue weighted by Gasteiger charge is -2.32. The van der Waals surface area contributed by atoms with Crippen LogP contribution < -0.4 is 5.32 Å². The maximum absolute atomic E-state index is 12.3. The molecule has 5 heteroatoms. The Morgan fingerprint density at radius 2 is 1.85 bits per heavy atom. The molecule has 1 aliphatic carbocycles. The second-order valence-electron chi connectivity index (χ2n) is 5.92. The number of nitrogens with zero attached hydrogens (tertiary/aromatic N) is 1. The van der Waals surface area contributed by atoms with E-state index in [0.717, 1.165) is 19.3 Å². The second kappa shape index (κ2) is 8.12. The van der Waals surface area contributed by atoms with Gasteiger partial charge in [-0.3, -0.25) is 4.79 Å². The molecule has 0 aliphatic heterocycles. The second-order valence-corrected chi connectivity index (χ2v) is 5.92. The summed E-state index contributed by atoms with van der Waals surface area (Å²) in [5, 5.41) is 11.9. The summed E-state index contributed by atoms with van der Waals surface area (Å²) in [6.45, 7) is 5.63. The van der Waals surface area contributed by atoms with Crippen LogP contribution in [0.25, 0.3) is 0 Å². The molecule has 0 spiro atoms. The maximum Gasteiger partial charge on any atom is 0.323 e. The fraction of sp³-hybridized carbons (Fsp3) is 0.867. The zero-order valence-electron chi connectivity index (χ0n) is 12.9. The minimum atomic E-state index is -0.967. The third kappa shape index (κ3) is 5.02. The Balaban J connectivity index is 2.57. The molecule has 0 aromatic heterocycles. The maximum atomic E-state index is 12.3. The van der Waals surface area contributed by atoms with Gasteiger partial charge in [-0.2, -0.15) is 0 Å². The molecule has 1 fully saturated rings. The molecule has 0 aromatic rings. The normalized spacial score (nSPS) is 19.1. The third-order valence-corrected chi connectivity index (χ3v) is 4.40. The highest BCUT2D eigenvalue weighted by atomic mass is 16.4. The van der Waals surface area contributed by atoms with Gasteiger partial charge >= 0.3 is 12.0 Å². The number of hydrogen-bond donors (Lipinski definition) is 2. The van der Waals surface area contributed by atoms with Crippen LogP contribution in [0.2, 0.25) is 0 Å². The Bertz CT molecular complexity index is 327. The topological polar surface area (TPSA) is 69.6 Å². The van der Waals surface area contributed by atoms with E-state index in [-0.39, 0.29) is 24.7 Å². The van der Waals surface area contributed by atoms with Gasteiger partial charge in [-0.25, -0.2) is 4.79 Å². The van der Waals surface area contributed by atoms with E-state index in [1.807, 2.05) is 20.8 Å². The smallest absolute Gasteiger partial charge is 0.323 e. The van der Waals surface area contributed by atoms with Gasteiger partial charge in [0, 0.05) is 12.1 Å². The van der Waals surface area contributed by atoms with E-state index >= 15 is 0 Å². The minimum absolute atomic E-state index is 0.0651. The van der Waals surface area contributed by atoms with E-state index in [1.165, 1.54) is 24.2 Å². The SMILES string of the molecule is CCC(C)N(CC(=O)O)C(=O)NC(C)C1CCCCC1. The summed E-state index contributed by atoms with van der Waals surface area (Å²) in [7, 11) is 0. The van der Waals surface area contributed by atoms with Crippen molar-refractivity contribution in [2.24, 2.45) is 5.92 Å². The molecule has 1 aliphatic rings. The summed E-state index contributed by atoms with van der Waals surface area (Å²) in [6, 6.07) is -0.201. The molecular weight excluding hydrogens is 256 g/mol. The van der Waals surface area contributed by atoms with Gasteiger partial charge in [-0.1, -0.05) is 26.2 Å². The summed E-state index contributed by atoms with van der Waals surface area (Å²) in [4.78, 5) is 24.6. The van der Waals surface area contributed by atoms with Crippen LogP contribution in [0.3, 0.4) is 0 Å². The molecule has 0 saturated heterocycles. The molecule has 2 atom stereocenters. The Labute approximate surface area is 121 Å². The number of hydrogen-bond acceptors (Lipinski definition) is 2. The van der Waals surface area contributed by atoms with Crippen molar-refractivity contribution in [3.8, 4) is 0 Å². The summed E-state index contributed by atoms with van der Waals surface area (Å²) < 4.78 is 0. The van der Waals surface area contributed by atoms with Crippen LogP contribution in [0, 0.1) is 5.92 Å². The quantitative estimate of drug-likeness (QED) is 0.788. The van der Waals surface area contributed by atoms with Crippen LogP contribution in [-0.2, 0) is 4.79 Å². The number of rotatable bonds is 6. The fourth-order valence-corrected chi connectivity index (χ4v) is 2.82. The lowest BCUT2D eigenvalue weighted by atomic mass is 9.84. The van der Waals surface area contributed by atoms with Crippen molar-refractivity contribution >= 4 is 12.0 Å². The highest BCUT2D eigenvalue weighted by Crippen LogP contribution is 2.26. The predicted molar refractivity (Wildman–Crippen MR) is 78.7 cm³/mol. The Kier molecular flexibility index (Phi) is 6.82. The first-order chi connectivity index (χ1) is 9.45. The number of aliphatic carboxylic acids is 1. The number of urea groups is 1. The fourth-order valence-electron chi connectivity index (χ4n) is 2.82. The number of carboxylic acids is 1. The zero-order valence-corrected chi connectivity index (χ0v) is 12.9. The number of nitrogens with one attached hydrogen (secondary N) is 1. The van der Waals surface area contributed by atoms with Crippen molar-refractivity contribution in [3.63, 3.8) is 0 Å². The van der Waals surface area contributed by atoms with E-state index in [0.29, 0.717) is 5.92 Å². The van der Waals surface area contributed by atoms with Crippen molar-refractivity contribution in [3.05, 3.63) is 0 Å². The first kappa shape index (κ1) is 16.8. The molecule has 2 N–H and O–H groups in total. The summed E-state index contributed by atoms with van der Waals surface area (Å²) in [5.41, 5.74) is 0. The third-order valence-electron chi connectivity index (χ3n) is 4.40. The van der Waals surface area contributed by atoms with Gasteiger partial charge in [0.25, 0.3) is 0 Å². The average Bonchev–Trinajstić information content (AvgIpc) is 2.44. The lowest BCUT2D eigenvalue weighted by molar-refractivity contribution is -0.138. The van der Waals surface area contributed by atoms with Crippen molar-refractivity contribution in [2.45, 2.75) is 71.4 Å². The summed E-state index contributed by atoms with van der Waals surface area (Å²) in [6.07, 6.45) is 6.81. The van der Waals surface area contributed by atoms with Crippen LogP contribution in [0.5, 0.6) is 0 Å². The molecule has 0 radical (unpaired) electrons. The van der Waals surface area contributed by atoms with Gasteiger partial charge in [-0.15, -0.1) is 0 Å². The zero-order chi connectivity index (χ0) is 15.1. The molecule has 2 unspecified atom stereocenters. The molecule has 0 heterocycles. The molecule has 2 amide bonds. The lowest BCUT2D eigenvalue weighted by Crippen LogP contribution is -2.51. The Morgan fingerprint density at radius 1 is 1.25 bits per heavy atom. The van der Waals surface area contributed by atoms with E-state index in [9.17, 15) is 9.59 Å². The monoisotopic (exact) mass is 284 g/mol. The first-order valence-corrected chi connectivity index (χ1v) is 7.74. The van der Waals surface area contributed by atoms with Gasteiger partial charge in [0.2, 0.25) is 0 Å². The minimum Gasteiger partial charge on any atom is -0.480 e. The Morgan fingerprint density at radius 3 is 2.35 bits per heavy atom. The highest BCUT2D eigenvalue weighted by molar-refractivity contribution is 5.80. The molecule has 1 saturated carbocycles. The van der Waals surface area contributed by atoms with Gasteiger partial charge in [0.05, 0.1) is 0 Å². The number of carbonyl (C=O) groups is 2. The van der Waals surface area contributed by atoms with E-state index < -0.39 is 5.97 Å². The molecule has 116 valence electrons. The van der Waals surface area contributed by atoms with Crippen LogP contribution in [0.1, 0.15) is 59.3 Å². The van der Waals surface area contributed by atoms with E-state index in [1.54, 1.807) is 0 Å². The largest absolute Gasteiger partial charge is 0.480 e. The summed E-state index contributed by atoms with van der Waals surface area (Å²) in [5.74, 6) is -0.443. The van der Waals surface area contributed by atoms with Crippen molar-refractivity contribution in [1.29, 1.82) is 0 Å². The van der Waals surface area contributed by atoms with Gasteiger partial charge in [0.1, 0.15) is 6.54 Å². The van der Waals surface area contributed by atoms with Crippen LogP contribution in [-0.4, -0.2) is 40.6 Å². The van der Waals surface area contributed by atoms with Crippen molar-refractivity contribution < 1.29 is 14.7 Å². The molecule has 0 bridgehead atoms. The standard InChI is InChI=1S/C15H28N2O3/c1-4-11(2)17(10-14(18)19)15(20)16-12(3)13-8-6-5-7-9-13/h11-13H,4-10H2,1-3H3,(H,16,20)(H,18,19). The molecule has 0 aromatic carbocycles. The van der Waals surface area contributed by atoms with Gasteiger partial charge in [0.15, 0.2) is 0 Å². The predicted octanol–water partition coefficient (Wildman–Crippen LogP) is 2.85. The molecule has 5 nitrogen and oxygen atoms in total. The van der Waals surface area contributed by atoms with Crippen molar-refractivity contribution in [2.75, 3.05) is 6.54 Å². The number of carboxylic acid groups (broad SMARTS) is 1. The van der Waals surface area contributed by atoms with Crippen molar-refractivity contribution in [1.82, 2.24) is 10.2 Å². The van der Waals surface area contributed by atoms with Crippen LogP contribution in [0.4, 0.5) is 4.79 Å². The average molecular weight is 284 g/mol. The number of amides is 2. The molecule has 1 rings (SSSR count). The highest BCUT2D eigenvalue weighted by Gasteiger charge is 2.26. The first-order valence-electron chi connectivity index (χ1n) is 7.74. The van der Waals surface area contributed by atoms with Gasteiger partial charge in [-0.05, 0) is 39.0 Å². The van der Waals surface area contributed by atoms with E-state index in [4.69, 9.17) is 5.11 Å². The summed E-state index contributed by atoms with van der Waals surface area (Å²) >= 11 is 0. The van der Waals surface area contributed by atoms with Crippen LogP contribution in [0.15, 0.2) is 0 Å². The Hall–Kier alpha value is -1.26. The molecular formula is C15H28N2O3. The number of carbonyl (C=O) groups excluding carboxylic acids is 1. The van der Waals surface area contributed by atoms with Gasteiger partial charge < -0.3 is 15.3 Å². The van der Waals surface area contributed by atoms with E-state index in [2.05, 4.69) is 5.32 Å².